The zero-order chi connectivity index (χ0) is 14.4. The Morgan fingerprint density at radius 2 is 1.90 bits per heavy atom. The van der Waals surface area contributed by atoms with Gasteiger partial charge in [0.25, 0.3) is 0 Å². The molecule has 5 rings (SSSR count). The lowest BCUT2D eigenvalue weighted by molar-refractivity contribution is 0.181. The number of ether oxygens (including phenoxy) is 1. The Kier molecular flexibility index (Phi) is 3.03. The number of hydrogen-bond donors (Lipinski definition) is 2. The van der Waals surface area contributed by atoms with E-state index in [1.54, 1.807) is 7.11 Å². The first-order valence-electron chi connectivity index (χ1n) is 7.47. The molecule has 21 heavy (non-hydrogen) atoms. The van der Waals surface area contributed by atoms with Gasteiger partial charge in [0.1, 0.15) is 5.75 Å². The second-order valence-corrected chi connectivity index (χ2v) is 6.27. The summed E-state index contributed by atoms with van der Waals surface area (Å²) in [5.74, 6) is 1.53. The van der Waals surface area contributed by atoms with E-state index < -0.39 is 0 Å². The van der Waals surface area contributed by atoms with Crippen LogP contribution in [0.4, 0.5) is 0 Å². The molecule has 1 aromatic carbocycles. The molecule has 1 saturated heterocycles. The van der Waals surface area contributed by atoms with Crippen LogP contribution in [0.2, 0.25) is 0 Å². The molecule has 4 aliphatic rings. The summed E-state index contributed by atoms with van der Waals surface area (Å²) in [6.07, 6.45) is 2.48. The van der Waals surface area contributed by atoms with Gasteiger partial charge in [-0.1, -0.05) is 12.1 Å². The van der Waals surface area contributed by atoms with Crippen molar-refractivity contribution in [3.63, 3.8) is 0 Å². The topological polar surface area (TPSA) is 36.5 Å². The number of thiocarbonyl (C=S) groups is 1. The van der Waals surface area contributed by atoms with Crippen molar-refractivity contribution in [3.8, 4) is 5.75 Å². The van der Waals surface area contributed by atoms with E-state index >= 15 is 0 Å². The van der Waals surface area contributed by atoms with Crippen molar-refractivity contribution in [1.82, 2.24) is 15.5 Å². The molecule has 0 amide bonds. The molecule has 1 atom stereocenters. The van der Waals surface area contributed by atoms with Crippen molar-refractivity contribution >= 4 is 17.3 Å². The summed E-state index contributed by atoms with van der Waals surface area (Å²) < 4.78 is 5.25. The van der Waals surface area contributed by atoms with Crippen LogP contribution in [0.3, 0.4) is 0 Å². The number of hydrogen-bond acceptors (Lipinski definition) is 3. The first kappa shape index (κ1) is 13.0. The lowest BCUT2D eigenvalue weighted by atomic mass is 9.83. The Hall–Kier alpha value is -1.75. The molecule has 4 aliphatic heterocycles. The molecule has 1 fully saturated rings. The fourth-order valence-corrected chi connectivity index (χ4v) is 3.92. The predicted octanol–water partition coefficient (Wildman–Crippen LogP) is 2.15. The Bertz CT molecular complexity index is 602. The van der Waals surface area contributed by atoms with E-state index in [9.17, 15) is 0 Å². The maximum absolute atomic E-state index is 5.42. The zero-order valence-electron chi connectivity index (χ0n) is 12.1. The Morgan fingerprint density at radius 1 is 1.19 bits per heavy atom. The summed E-state index contributed by atoms with van der Waals surface area (Å²) in [4.78, 5) is 2.51. The highest BCUT2D eigenvalue weighted by Gasteiger charge is 2.40. The van der Waals surface area contributed by atoms with Crippen LogP contribution in [0, 0.1) is 5.92 Å². The number of fused-ring (bicyclic) bond motifs is 2. The lowest BCUT2D eigenvalue weighted by Gasteiger charge is -2.49. The van der Waals surface area contributed by atoms with E-state index in [-0.39, 0.29) is 6.04 Å². The van der Waals surface area contributed by atoms with E-state index in [0.717, 1.165) is 24.0 Å². The minimum atomic E-state index is 0.155. The molecule has 0 saturated carbocycles. The molecule has 0 spiro atoms. The van der Waals surface area contributed by atoms with Gasteiger partial charge in [-0.2, -0.15) is 0 Å². The smallest absolute Gasteiger partial charge is 0.171 e. The standard InChI is InChI=1S/C16H19N3OS/c1-20-12-4-2-10(3-5-12)13-15-14(18-16(21)17-13)11-6-8-19(15)9-7-11/h2-5,11,13H,6-9H2,1H3,(H2,17,18,21)/t13-/m1/s1. The number of nitrogens with one attached hydrogen (secondary N) is 2. The average Bonchev–Trinajstić information content (AvgIpc) is 2.55. The van der Waals surface area contributed by atoms with Gasteiger partial charge in [-0.05, 0) is 42.8 Å². The number of piperidine rings is 1. The number of benzene rings is 1. The molecule has 5 heteroatoms. The van der Waals surface area contributed by atoms with Crippen molar-refractivity contribution in [1.29, 1.82) is 0 Å². The van der Waals surface area contributed by atoms with Gasteiger partial charge in [0, 0.05) is 24.7 Å². The summed E-state index contributed by atoms with van der Waals surface area (Å²) in [6, 6.07) is 8.43. The van der Waals surface area contributed by atoms with Crippen molar-refractivity contribution in [3.05, 3.63) is 41.2 Å². The third kappa shape index (κ3) is 2.07. The molecule has 4 heterocycles. The van der Waals surface area contributed by atoms with Crippen LogP contribution in [0.25, 0.3) is 0 Å². The molecule has 0 aromatic heterocycles. The molecular weight excluding hydrogens is 282 g/mol. The third-order valence-electron chi connectivity index (χ3n) is 4.77. The maximum Gasteiger partial charge on any atom is 0.171 e. The molecular formula is C16H19N3OS. The molecule has 4 nitrogen and oxygen atoms in total. The van der Waals surface area contributed by atoms with Crippen molar-refractivity contribution < 1.29 is 4.74 Å². The molecule has 0 unspecified atom stereocenters. The van der Waals surface area contributed by atoms with Gasteiger partial charge < -0.3 is 20.3 Å². The highest BCUT2D eigenvalue weighted by atomic mass is 32.1. The zero-order valence-corrected chi connectivity index (χ0v) is 12.9. The SMILES string of the molecule is COc1ccc([C@H]2NC(=S)NC3=C2N2CCC3CC2)cc1. The quantitative estimate of drug-likeness (QED) is 0.819. The predicted molar refractivity (Wildman–Crippen MR) is 85.9 cm³/mol. The fraction of sp³-hybridized carbons (Fsp3) is 0.438. The van der Waals surface area contributed by atoms with Gasteiger partial charge in [0.15, 0.2) is 5.11 Å². The first-order chi connectivity index (χ1) is 10.3. The van der Waals surface area contributed by atoms with E-state index in [0.29, 0.717) is 5.92 Å². The monoisotopic (exact) mass is 301 g/mol. The number of rotatable bonds is 2. The van der Waals surface area contributed by atoms with Gasteiger partial charge in [-0.15, -0.1) is 0 Å². The van der Waals surface area contributed by atoms with Crippen molar-refractivity contribution in [2.75, 3.05) is 20.2 Å². The van der Waals surface area contributed by atoms with Crippen LogP contribution in [0.15, 0.2) is 35.7 Å². The first-order valence-corrected chi connectivity index (χ1v) is 7.87. The number of allylic oxidation sites excluding steroid dienone is 1. The summed E-state index contributed by atoms with van der Waals surface area (Å²) in [5, 5.41) is 7.58. The maximum atomic E-state index is 5.42. The highest BCUT2D eigenvalue weighted by Crippen LogP contribution is 2.41. The van der Waals surface area contributed by atoms with E-state index in [1.807, 2.05) is 12.1 Å². The normalized spacial score (nSPS) is 24.5. The largest absolute Gasteiger partial charge is 0.497 e. The van der Waals surface area contributed by atoms with E-state index in [2.05, 4.69) is 27.7 Å². The molecule has 2 N–H and O–H groups in total. The number of methoxy groups -OCH3 is 1. The minimum Gasteiger partial charge on any atom is -0.497 e. The van der Waals surface area contributed by atoms with Gasteiger partial charge in [0.2, 0.25) is 0 Å². The average molecular weight is 301 g/mol. The van der Waals surface area contributed by atoms with Crippen LogP contribution in [0.1, 0.15) is 24.4 Å². The summed E-state index contributed by atoms with van der Waals surface area (Å²) in [5.41, 5.74) is 3.97. The van der Waals surface area contributed by atoms with Crippen LogP contribution in [-0.2, 0) is 0 Å². The fourth-order valence-electron chi connectivity index (χ4n) is 3.69. The Morgan fingerprint density at radius 3 is 2.57 bits per heavy atom. The molecule has 2 bridgehead atoms. The molecule has 0 radical (unpaired) electrons. The van der Waals surface area contributed by atoms with Gasteiger partial charge in [-0.3, -0.25) is 0 Å². The highest BCUT2D eigenvalue weighted by molar-refractivity contribution is 7.80. The summed E-state index contributed by atoms with van der Waals surface area (Å²) in [6.45, 7) is 2.32. The third-order valence-corrected chi connectivity index (χ3v) is 4.99. The van der Waals surface area contributed by atoms with Crippen LogP contribution in [-0.4, -0.2) is 30.2 Å². The van der Waals surface area contributed by atoms with Gasteiger partial charge in [-0.25, -0.2) is 0 Å². The van der Waals surface area contributed by atoms with Crippen LogP contribution >= 0.6 is 12.2 Å². The summed E-state index contributed by atoms with van der Waals surface area (Å²) >= 11 is 5.42. The van der Waals surface area contributed by atoms with Crippen LogP contribution < -0.4 is 15.4 Å². The van der Waals surface area contributed by atoms with Gasteiger partial charge in [0.05, 0.1) is 18.8 Å². The van der Waals surface area contributed by atoms with Crippen molar-refractivity contribution in [2.24, 2.45) is 5.92 Å². The Balaban J connectivity index is 1.76. The van der Waals surface area contributed by atoms with Crippen molar-refractivity contribution in [2.45, 2.75) is 18.9 Å². The van der Waals surface area contributed by atoms with Gasteiger partial charge >= 0.3 is 0 Å². The summed E-state index contributed by atoms with van der Waals surface area (Å²) in [7, 11) is 1.69. The minimum absolute atomic E-state index is 0.155. The molecule has 0 aliphatic carbocycles. The Labute approximate surface area is 130 Å². The molecule has 110 valence electrons. The second-order valence-electron chi connectivity index (χ2n) is 5.86. The number of nitrogens with zero attached hydrogens (tertiary/aromatic N) is 1. The van der Waals surface area contributed by atoms with E-state index in [1.165, 1.54) is 29.8 Å². The van der Waals surface area contributed by atoms with E-state index in [4.69, 9.17) is 17.0 Å². The molecule has 1 aromatic rings. The second kappa shape index (κ2) is 4.91. The van der Waals surface area contributed by atoms with Crippen LogP contribution in [0.5, 0.6) is 5.75 Å². The lowest BCUT2D eigenvalue weighted by Crippen LogP contribution is -2.55.